The molecule has 1 aromatic rings. The minimum Gasteiger partial charge on any atom is -0.491 e. The standard InChI is InChI=1S/C13H17Cl2NO2/c1-13(17)4-5-16(9-13)6-7-18-12-3-2-10(14)8-11(12)15/h2-3,8,17H,4-7,9H2,1H3. The number of rotatable bonds is 4. The number of benzene rings is 1. The summed E-state index contributed by atoms with van der Waals surface area (Å²) < 4.78 is 5.61. The minimum atomic E-state index is -0.558. The fourth-order valence-electron chi connectivity index (χ4n) is 2.11. The van der Waals surface area contributed by atoms with Gasteiger partial charge in [-0.1, -0.05) is 23.2 Å². The normalized spacial score (nSPS) is 24.4. The molecule has 1 aromatic carbocycles. The predicted octanol–water partition coefficient (Wildman–Crippen LogP) is 2.83. The number of ether oxygens (including phenoxy) is 1. The molecular formula is C13H17Cl2NO2. The Morgan fingerprint density at radius 1 is 1.44 bits per heavy atom. The van der Waals surface area contributed by atoms with E-state index in [2.05, 4.69) is 4.90 Å². The fourth-order valence-corrected chi connectivity index (χ4v) is 2.57. The zero-order chi connectivity index (χ0) is 13.2. The number of β-amino-alcohol motifs (C(OH)–C–C–N with tert-alkyl or cyclic N) is 1. The monoisotopic (exact) mass is 289 g/mol. The van der Waals surface area contributed by atoms with E-state index >= 15 is 0 Å². The Bertz CT molecular complexity index is 423. The molecule has 2 rings (SSSR count). The van der Waals surface area contributed by atoms with Crippen molar-refractivity contribution in [1.82, 2.24) is 4.90 Å². The van der Waals surface area contributed by atoms with Crippen molar-refractivity contribution < 1.29 is 9.84 Å². The van der Waals surface area contributed by atoms with Crippen LogP contribution in [0.1, 0.15) is 13.3 Å². The van der Waals surface area contributed by atoms with E-state index < -0.39 is 5.60 Å². The van der Waals surface area contributed by atoms with Crippen LogP contribution in [0.5, 0.6) is 5.75 Å². The molecule has 0 aliphatic carbocycles. The number of hydrogen-bond acceptors (Lipinski definition) is 3. The van der Waals surface area contributed by atoms with E-state index in [4.69, 9.17) is 27.9 Å². The predicted molar refractivity (Wildman–Crippen MR) is 73.6 cm³/mol. The number of halogens is 2. The van der Waals surface area contributed by atoms with Gasteiger partial charge in [0, 0.05) is 24.7 Å². The first kappa shape index (κ1) is 13.9. The van der Waals surface area contributed by atoms with Gasteiger partial charge in [0.05, 0.1) is 10.6 Å². The minimum absolute atomic E-state index is 0.524. The summed E-state index contributed by atoms with van der Waals surface area (Å²) in [6.45, 7) is 4.81. The molecule has 0 radical (unpaired) electrons. The Morgan fingerprint density at radius 2 is 2.22 bits per heavy atom. The van der Waals surface area contributed by atoms with E-state index in [9.17, 15) is 5.11 Å². The topological polar surface area (TPSA) is 32.7 Å². The maximum Gasteiger partial charge on any atom is 0.138 e. The van der Waals surface area contributed by atoms with Crippen LogP contribution < -0.4 is 4.74 Å². The van der Waals surface area contributed by atoms with Crippen LogP contribution >= 0.6 is 23.2 Å². The lowest BCUT2D eigenvalue weighted by Crippen LogP contribution is -2.32. The molecule has 0 bridgehead atoms. The van der Waals surface area contributed by atoms with Gasteiger partial charge in [-0.2, -0.15) is 0 Å². The highest BCUT2D eigenvalue weighted by atomic mass is 35.5. The Kier molecular flexibility index (Phi) is 4.38. The van der Waals surface area contributed by atoms with Gasteiger partial charge >= 0.3 is 0 Å². The SMILES string of the molecule is CC1(O)CCN(CCOc2ccc(Cl)cc2Cl)C1. The largest absolute Gasteiger partial charge is 0.491 e. The van der Waals surface area contributed by atoms with Crippen LogP contribution in [0.4, 0.5) is 0 Å². The first-order valence-corrected chi connectivity index (χ1v) is 6.74. The first-order chi connectivity index (χ1) is 8.46. The van der Waals surface area contributed by atoms with Crippen molar-refractivity contribution in [3.63, 3.8) is 0 Å². The van der Waals surface area contributed by atoms with Crippen molar-refractivity contribution in [1.29, 1.82) is 0 Å². The second kappa shape index (κ2) is 5.66. The van der Waals surface area contributed by atoms with E-state index in [0.29, 0.717) is 28.9 Å². The summed E-state index contributed by atoms with van der Waals surface area (Å²) in [4.78, 5) is 2.18. The summed E-state index contributed by atoms with van der Waals surface area (Å²) in [7, 11) is 0. The Morgan fingerprint density at radius 3 is 2.83 bits per heavy atom. The van der Waals surface area contributed by atoms with Crippen LogP contribution in [-0.2, 0) is 0 Å². The lowest BCUT2D eigenvalue weighted by Gasteiger charge is -2.19. The Labute approximate surface area is 117 Å². The van der Waals surface area contributed by atoms with Crippen molar-refractivity contribution in [3.8, 4) is 5.75 Å². The number of likely N-dealkylation sites (tertiary alicyclic amines) is 1. The van der Waals surface area contributed by atoms with Crippen LogP contribution in [-0.4, -0.2) is 41.8 Å². The highest BCUT2D eigenvalue weighted by Gasteiger charge is 2.30. The van der Waals surface area contributed by atoms with E-state index in [1.165, 1.54) is 0 Å². The van der Waals surface area contributed by atoms with Crippen LogP contribution in [0.25, 0.3) is 0 Å². The van der Waals surface area contributed by atoms with Gasteiger partial charge < -0.3 is 9.84 Å². The van der Waals surface area contributed by atoms with Crippen molar-refractivity contribution in [3.05, 3.63) is 28.2 Å². The van der Waals surface area contributed by atoms with Gasteiger partial charge in [-0.05, 0) is 31.5 Å². The van der Waals surface area contributed by atoms with Crippen molar-refractivity contribution in [2.45, 2.75) is 18.9 Å². The molecule has 1 N–H and O–H groups in total. The molecule has 1 aliphatic rings. The van der Waals surface area contributed by atoms with Crippen molar-refractivity contribution in [2.24, 2.45) is 0 Å². The summed E-state index contributed by atoms with van der Waals surface area (Å²) in [6, 6.07) is 5.19. The number of hydrogen-bond donors (Lipinski definition) is 1. The van der Waals surface area contributed by atoms with E-state index in [1.54, 1.807) is 18.2 Å². The zero-order valence-electron chi connectivity index (χ0n) is 10.3. The number of aliphatic hydroxyl groups is 1. The van der Waals surface area contributed by atoms with E-state index in [-0.39, 0.29) is 0 Å². The molecule has 3 nitrogen and oxygen atoms in total. The van der Waals surface area contributed by atoms with E-state index in [0.717, 1.165) is 19.5 Å². The molecule has 5 heteroatoms. The molecule has 0 spiro atoms. The molecule has 1 atom stereocenters. The second-order valence-electron chi connectivity index (χ2n) is 4.95. The van der Waals surface area contributed by atoms with Crippen LogP contribution in [0.2, 0.25) is 10.0 Å². The average molecular weight is 290 g/mol. The van der Waals surface area contributed by atoms with Crippen LogP contribution in [0, 0.1) is 0 Å². The third kappa shape index (κ3) is 3.75. The molecule has 0 amide bonds. The fraction of sp³-hybridized carbons (Fsp3) is 0.538. The lowest BCUT2D eigenvalue weighted by molar-refractivity contribution is 0.0670. The third-order valence-corrected chi connectivity index (χ3v) is 3.62. The van der Waals surface area contributed by atoms with Crippen LogP contribution in [0.15, 0.2) is 18.2 Å². The molecule has 1 aliphatic heterocycles. The molecule has 0 saturated carbocycles. The van der Waals surface area contributed by atoms with Gasteiger partial charge in [0.2, 0.25) is 0 Å². The third-order valence-electron chi connectivity index (χ3n) is 3.09. The Hall–Kier alpha value is -0.480. The second-order valence-corrected chi connectivity index (χ2v) is 5.79. The maximum atomic E-state index is 9.84. The molecular weight excluding hydrogens is 273 g/mol. The van der Waals surface area contributed by atoms with E-state index in [1.807, 2.05) is 6.92 Å². The summed E-state index contributed by atoms with van der Waals surface area (Å²) in [6.07, 6.45) is 0.814. The summed E-state index contributed by atoms with van der Waals surface area (Å²) in [5, 5.41) is 11.0. The first-order valence-electron chi connectivity index (χ1n) is 5.99. The van der Waals surface area contributed by atoms with Gasteiger partial charge in [-0.3, -0.25) is 4.90 Å². The Balaban J connectivity index is 1.79. The average Bonchev–Trinajstić information content (AvgIpc) is 2.61. The molecule has 1 fully saturated rings. The maximum absolute atomic E-state index is 9.84. The van der Waals surface area contributed by atoms with Gasteiger partial charge in [-0.15, -0.1) is 0 Å². The molecule has 100 valence electrons. The quantitative estimate of drug-likeness (QED) is 0.925. The van der Waals surface area contributed by atoms with Gasteiger partial charge in [-0.25, -0.2) is 0 Å². The molecule has 0 aromatic heterocycles. The van der Waals surface area contributed by atoms with Crippen molar-refractivity contribution >= 4 is 23.2 Å². The summed E-state index contributed by atoms with van der Waals surface area (Å²) in [5.41, 5.74) is -0.558. The molecule has 1 heterocycles. The lowest BCUT2D eigenvalue weighted by atomic mass is 10.1. The molecule has 18 heavy (non-hydrogen) atoms. The zero-order valence-corrected chi connectivity index (χ0v) is 11.8. The highest BCUT2D eigenvalue weighted by Crippen LogP contribution is 2.27. The van der Waals surface area contributed by atoms with Gasteiger partial charge in [0.25, 0.3) is 0 Å². The van der Waals surface area contributed by atoms with Crippen LogP contribution in [0.3, 0.4) is 0 Å². The summed E-state index contributed by atoms with van der Waals surface area (Å²) >= 11 is 11.8. The van der Waals surface area contributed by atoms with Crippen molar-refractivity contribution in [2.75, 3.05) is 26.2 Å². The highest BCUT2D eigenvalue weighted by molar-refractivity contribution is 6.35. The molecule has 1 saturated heterocycles. The summed E-state index contributed by atoms with van der Waals surface area (Å²) in [5.74, 6) is 0.645. The number of nitrogens with zero attached hydrogens (tertiary/aromatic N) is 1. The molecule has 1 unspecified atom stereocenters. The van der Waals surface area contributed by atoms with Gasteiger partial charge in [0.1, 0.15) is 12.4 Å². The van der Waals surface area contributed by atoms with Gasteiger partial charge in [0.15, 0.2) is 0 Å². The smallest absolute Gasteiger partial charge is 0.138 e.